The Labute approximate surface area is 197 Å². The van der Waals surface area contributed by atoms with E-state index >= 15 is 0 Å². The highest BCUT2D eigenvalue weighted by atomic mass is 16.2. The molecule has 3 aromatic heterocycles. The molecular formula is C27H23N5O2. The number of carbonyl (C=O) groups is 2. The van der Waals surface area contributed by atoms with Crippen LogP contribution in [0.1, 0.15) is 21.6 Å². The Bertz CT molecular complexity index is 1390. The Kier molecular flexibility index (Phi) is 5.51. The van der Waals surface area contributed by atoms with Crippen molar-refractivity contribution in [3.05, 3.63) is 96.6 Å². The van der Waals surface area contributed by atoms with Gasteiger partial charge in [-0.15, -0.1) is 0 Å². The second kappa shape index (κ2) is 8.78. The molecule has 7 heteroatoms. The zero-order chi connectivity index (χ0) is 23.7. The number of pyridine rings is 2. The minimum atomic E-state index is -0.346. The third-order valence-electron chi connectivity index (χ3n) is 5.99. The fraction of sp³-hybridized carbons (Fsp3) is 0.111. The molecule has 0 spiro atoms. The molecule has 0 unspecified atom stereocenters. The zero-order valence-corrected chi connectivity index (χ0v) is 18.7. The van der Waals surface area contributed by atoms with Gasteiger partial charge >= 0.3 is 0 Å². The average Bonchev–Trinajstić information content (AvgIpc) is 3.27. The molecule has 1 aromatic carbocycles. The number of H-pyrrole nitrogens is 1. The molecule has 2 N–H and O–H groups in total. The molecule has 4 heterocycles. The fourth-order valence-electron chi connectivity index (χ4n) is 4.19. The Morgan fingerprint density at radius 1 is 1.03 bits per heavy atom. The first kappa shape index (κ1) is 21.3. The van der Waals surface area contributed by atoms with E-state index in [1.165, 1.54) is 0 Å². The van der Waals surface area contributed by atoms with Crippen LogP contribution in [0.15, 0.2) is 79.8 Å². The summed E-state index contributed by atoms with van der Waals surface area (Å²) in [5.74, 6) is 0.0493. The summed E-state index contributed by atoms with van der Waals surface area (Å²) in [7, 11) is 1.82. The summed E-state index contributed by atoms with van der Waals surface area (Å²) in [4.78, 5) is 39.4. The van der Waals surface area contributed by atoms with Crippen molar-refractivity contribution in [1.82, 2.24) is 19.9 Å². The molecule has 1 aliphatic rings. The third kappa shape index (κ3) is 3.88. The predicted molar refractivity (Wildman–Crippen MR) is 132 cm³/mol. The predicted octanol–water partition coefficient (Wildman–Crippen LogP) is 4.42. The van der Waals surface area contributed by atoms with Crippen LogP contribution < -0.4 is 5.32 Å². The molecule has 0 aliphatic carbocycles. The Morgan fingerprint density at radius 2 is 1.79 bits per heavy atom. The molecule has 0 fully saturated rings. The molecule has 168 valence electrons. The van der Waals surface area contributed by atoms with Gasteiger partial charge in [-0.25, -0.2) is 4.98 Å². The topological polar surface area (TPSA) is 91.0 Å². The molecule has 0 bridgehead atoms. The van der Waals surface area contributed by atoms with Crippen molar-refractivity contribution < 1.29 is 9.59 Å². The van der Waals surface area contributed by atoms with E-state index in [2.05, 4.69) is 26.8 Å². The van der Waals surface area contributed by atoms with Crippen molar-refractivity contribution in [2.75, 3.05) is 18.9 Å². The number of nitrogens with one attached hydrogen (secondary N) is 2. The molecule has 5 rings (SSSR count). The normalized spacial score (nSPS) is 12.9. The van der Waals surface area contributed by atoms with Gasteiger partial charge in [-0.3, -0.25) is 14.6 Å². The van der Waals surface area contributed by atoms with Crippen LogP contribution in [-0.2, 0) is 11.2 Å². The first-order valence-electron chi connectivity index (χ1n) is 11.0. The van der Waals surface area contributed by atoms with Gasteiger partial charge in [0.2, 0.25) is 0 Å². The average molecular weight is 450 g/mol. The summed E-state index contributed by atoms with van der Waals surface area (Å²) in [5, 5.41) is 2.83. The van der Waals surface area contributed by atoms with E-state index in [0.717, 1.165) is 34.5 Å². The van der Waals surface area contributed by atoms with Crippen LogP contribution in [0.25, 0.3) is 28.0 Å². The second-order valence-corrected chi connectivity index (χ2v) is 8.17. The first-order chi connectivity index (χ1) is 16.5. The van der Waals surface area contributed by atoms with Gasteiger partial charge in [0, 0.05) is 61.0 Å². The highest BCUT2D eigenvalue weighted by molar-refractivity contribution is 6.24. The Hall–Kier alpha value is -4.52. The maximum absolute atomic E-state index is 13.1. The van der Waals surface area contributed by atoms with E-state index in [1.807, 2.05) is 43.4 Å². The number of likely N-dealkylation sites (N-methyl/N-ethyl adjacent to an activating group) is 1. The smallest absolute Gasteiger partial charge is 0.256 e. The third-order valence-corrected chi connectivity index (χ3v) is 5.99. The minimum Gasteiger partial charge on any atom is -0.357 e. The van der Waals surface area contributed by atoms with Gasteiger partial charge in [0.15, 0.2) is 0 Å². The van der Waals surface area contributed by atoms with Gasteiger partial charge in [-0.05, 0) is 35.4 Å². The largest absolute Gasteiger partial charge is 0.357 e. The lowest BCUT2D eigenvalue weighted by molar-refractivity contribution is -0.111. The molecule has 1 aliphatic heterocycles. The van der Waals surface area contributed by atoms with E-state index in [1.54, 1.807) is 41.7 Å². The summed E-state index contributed by atoms with van der Waals surface area (Å²) in [6, 6.07) is 17.0. The molecule has 0 saturated heterocycles. The highest BCUT2D eigenvalue weighted by Gasteiger charge is 2.30. The molecule has 0 saturated carbocycles. The maximum atomic E-state index is 13.1. The van der Waals surface area contributed by atoms with E-state index in [-0.39, 0.29) is 11.8 Å². The van der Waals surface area contributed by atoms with Crippen LogP contribution in [0.4, 0.5) is 5.82 Å². The molecular weight excluding hydrogens is 426 g/mol. The lowest BCUT2D eigenvalue weighted by Gasteiger charge is -2.23. The number of carbonyl (C=O) groups excluding carboxylic acids is 2. The van der Waals surface area contributed by atoms with Crippen LogP contribution in [0.3, 0.4) is 0 Å². The number of aromatic nitrogens is 3. The molecule has 2 amide bonds. The van der Waals surface area contributed by atoms with Crippen LogP contribution in [-0.4, -0.2) is 45.3 Å². The van der Waals surface area contributed by atoms with Crippen molar-refractivity contribution in [1.29, 1.82) is 0 Å². The number of fused-ring (bicyclic) bond motifs is 1. The number of amides is 2. The summed E-state index contributed by atoms with van der Waals surface area (Å²) in [6.45, 7) is 4.56. The zero-order valence-electron chi connectivity index (χ0n) is 18.7. The van der Waals surface area contributed by atoms with Gasteiger partial charge in [0.25, 0.3) is 11.8 Å². The van der Waals surface area contributed by atoms with E-state index < -0.39 is 0 Å². The summed E-state index contributed by atoms with van der Waals surface area (Å²) in [6.07, 6.45) is 5.62. The quantitative estimate of drug-likeness (QED) is 0.441. The summed E-state index contributed by atoms with van der Waals surface area (Å²) in [5.41, 5.74) is 6.09. The lowest BCUT2D eigenvalue weighted by Crippen LogP contribution is -2.34. The number of aromatic amines is 1. The van der Waals surface area contributed by atoms with Crippen LogP contribution in [0.5, 0.6) is 0 Å². The van der Waals surface area contributed by atoms with E-state index in [0.29, 0.717) is 29.1 Å². The molecule has 0 atom stereocenters. The van der Waals surface area contributed by atoms with Crippen LogP contribution >= 0.6 is 0 Å². The Morgan fingerprint density at radius 3 is 2.56 bits per heavy atom. The first-order valence-corrected chi connectivity index (χ1v) is 11.0. The van der Waals surface area contributed by atoms with Crippen molar-refractivity contribution in [2.24, 2.45) is 0 Å². The van der Waals surface area contributed by atoms with Crippen LogP contribution in [0.2, 0.25) is 0 Å². The standard InChI is InChI=1S/C27H23N5O2/c1-17(18-8-12-28-13-9-18)26(33)31-22-16-20(10-14-29-22)25-23(19-6-4-3-5-7-19)24-21(30-25)11-15-32(2)27(24)34/h3-10,12-14,16,30H,1,11,15H2,2H3,(H,29,31,33). The number of hydrogen-bond acceptors (Lipinski definition) is 4. The van der Waals surface area contributed by atoms with Gasteiger partial charge in [-0.1, -0.05) is 36.9 Å². The molecule has 34 heavy (non-hydrogen) atoms. The second-order valence-electron chi connectivity index (χ2n) is 8.17. The van der Waals surface area contributed by atoms with Crippen molar-refractivity contribution in [3.63, 3.8) is 0 Å². The van der Waals surface area contributed by atoms with E-state index in [4.69, 9.17) is 0 Å². The number of nitrogens with zero attached hydrogens (tertiary/aromatic N) is 3. The van der Waals surface area contributed by atoms with Gasteiger partial charge in [0.1, 0.15) is 5.82 Å². The SMILES string of the molecule is C=C(C(=O)Nc1cc(-c2[nH]c3c(c2-c2ccccc2)C(=O)N(C)CC3)ccn1)c1ccncc1. The number of benzene rings is 1. The molecule has 7 nitrogen and oxygen atoms in total. The van der Waals surface area contributed by atoms with Crippen molar-refractivity contribution in [2.45, 2.75) is 6.42 Å². The lowest BCUT2D eigenvalue weighted by atomic mass is 9.94. The van der Waals surface area contributed by atoms with Crippen molar-refractivity contribution in [3.8, 4) is 22.4 Å². The number of hydrogen-bond donors (Lipinski definition) is 2. The number of rotatable bonds is 5. The maximum Gasteiger partial charge on any atom is 0.256 e. The van der Waals surface area contributed by atoms with Gasteiger partial charge in [0.05, 0.1) is 11.3 Å². The van der Waals surface area contributed by atoms with Crippen molar-refractivity contribution >= 4 is 23.2 Å². The summed E-state index contributed by atoms with van der Waals surface area (Å²) >= 11 is 0. The number of anilines is 1. The fourth-order valence-corrected chi connectivity index (χ4v) is 4.19. The van der Waals surface area contributed by atoms with Gasteiger partial charge in [-0.2, -0.15) is 0 Å². The molecule has 0 radical (unpaired) electrons. The Balaban J connectivity index is 1.53. The monoisotopic (exact) mass is 449 g/mol. The highest BCUT2D eigenvalue weighted by Crippen LogP contribution is 2.39. The van der Waals surface area contributed by atoms with E-state index in [9.17, 15) is 9.59 Å². The van der Waals surface area contributed by atoms with Crippen LogP contribution in [0, 0.1) is 0 Å². The minimum absolute atomic E-state index is 0.00108. The molecule has 4 aromatic rings. The van der Waals surface area contributed by atoms with Gasteiger partial charge < -0.3 is 15.2 Å². The summed E-state index contributed by atoms with van der Waals surface area (Å²) < 4.78 is 0.